The summed E-state index contributed by atoms with van der Waals surface area (Å²) in [6.07, 6.45) is 27.5. The van der Waals surface area contributed by atoms with Gasteiger partial charge in [0.25, 0.3) is 0 Å². The van der Waals surface area contributed by atoms with Crippen molar-refractivity contribution >= 4 is 0 Å². The van der Waals surface area contributed by atoms with E-state index in [0.29, 0.717) is 0 Å². The predicted molar refractivity (Wildman–Crippen MR) is 140 cm³/mol. The highest BCUT2D eigenvalue weighted by Gasteiger charge is 2.45. The summed E-state index contributed by atoms with van der Waals surface area (Å²) in [6, 6.07) is 0. The highest BCUT2D eigenvalue weighted by atomic mass is 16.5. The summed E-state index contributed by atoms with van der Waals surface area (Å²) in [4.78, 5) is 0. The van der Waals surface area contributed by atoms with Gasteiger partial charge in [-0.25, -0.2) is 0 Å². The Morgan fingerprint density at radius 2 is 0.906 bits per heavy atom. The van der Waals surface area contributed by atoms with Crippen molar-refractivity contribution in [2.24, 2.45) is 0 Å². The van der Waals surface area contributed by atoms with Gasteiger partial charge in [0, 0.05) is 17.7 Å². The van der Waals surface area contributed by atoms with E-state index in [1.807, 2.05) is 0 Å². The van der Waals surface area contributed by atoms with Crippen molar-refractivity contribution in [2.75, 3.05) is 6.61 Å². The molecule has 1 heterocycles. The maximum absolute atomic E-state index is 10.4. The molecule has 192 valence electrons. The molecule has 3 heteroatoms. The van der Waals surface area contributed by atoms with Gasteiger partial charge in [-0.1, -0.05) is 116 Å². The van der Waals surface area contributed by atoms with Crippen molar-refractivity contribution in [1.82, 2.24) is 5.06 Å². The molecule has 1 aliphatic rings. The van der Waals surface area contributed by atoms with Gasteiger partial charge in [0.15, 0.2) is 0 Å². The number of piperidine rings is 1. The molecule has 0 atom stereocenters. The van der Waals surface area contributed by atoms with Crippen LogP contribution in [0.5, 0.6) is 0 Å². The van der Waals surface area contributed by atoms with Gasteiger partial charge in [-0.2, -0.15) is 5.06 Å². The van der Waals surface area contributed by atoms with E-state index in [1.165, 1.54) is 121 Å². The molecule has 0 bridgehead atoms. The van der Waals surface area contributed by atoms with Crippen LogP contribution in [0.15, 0.2) is 0 Å². The molecule has 1 saturated heterocycles. The smallest absolute Gasteiger partial charge is 0.0611 e. The molecule has 0 aliphatic carbocycles. The van der Waals surface area contributed by atoms with Gasteiger partial charge in [0.2, 0.25) is 0 Å². The first-order valence-corrected chi connectivity index (χ1v) is 14.4. The Hall–Kier alpha value is -0.120. The molecule has 32 heavy (non-hydrogen) atoms. The first-order chi connectivity index (χ1) is 15.3. The van der Waals surface area contributed by atoms with Crippen LogP contribution in [0.2, 0.25) is 0 Å². The van der Waals surface area contributed by atoms with Crippen LogP contribution < -0.4 is 0 Å². The van der Waals surface area contributed by atoms with Crippen molar-refractivity contribution < 1.29 is 9.94 Å². The molecule has 3 nitrogen and oxygen atoms in total. The highest BCUT2D eigenvalue weighted by Crippen LogP contribution is 2.37. The lowest BCUT2D eigenvalue weighted by Crippen LogP contribution is -2.60. The molecule has 0 aromatic heterocycles. The Morgan fingerprint density at radius 1 is 0.594 bits per heavy atom. The molecule has 0 radical (unpaired) electrons. The normalized spacial score (nSPS) is 18.9. The van der Waals surface area contributed by atoms with Gasteiger partial charge in [0.1, 0.15) is 0 Å². The molecule has 0 amide bonds. The van der Waals surface area contributed by atoms with Crippen LogP contribution in [0.1, 0.15) is 163 Å². The van der Waals surface area contributed by atoms with Crippen LogP contribution in [0.25, 0.3) is 0 Å². The molecule has 0 saturated carbocycles. The fourth-order valence-electron chi connectivity index (χ4n) is 5.55. The summed E-state index contributed by atoms with van der Waals surface area (Å²) >= 11 is 0. The number of nitrogens with zero attached hydrogens (tertiary/aromatic N) is 1. The van der Waals surface area contributed by atoms with E-state index in [9.17, 15) is 5.21 Å². The van der Waals surface area contributed by atoms with E-state index in [-0.39, 0.29) is 17.2 Å². The van der Waals surface area contributed by atoms with E-state index in [1.54, 1.807) is 0 Å². The SMILES string of the molecule is CCCCCCCCCCCCCCCCCCCCOC1CC(C)(C)N(O)C(C)(C)C1. The minimum absolute atomic E-state index is 0.208. The first kappa shape index (κ1) is 29.9. The van der Waals surface area contributed by atoms with Crippen LogP contribution in [0.4, 0.5) is 0 Å². The number of hydrogen-bond acceptors (Lipinski definition) is 3. The standard InChI is InChI=1S/C29H59NO2/c1-6-7-8-9-10-11-12-13-14-15-16-17-18-19-20-21-22-23-24-32-27-25-28(2,3)30(31)29(4,5)26-27/h27,31H,6-26H2,1-5H3. The number of ether oxygens (including phenoxy) is 1. The summed E-state index contributed by atoms with van der Waals surface area (Å²) in [5.41, 5.74) is -0.416. The molecule has 1 aliphatic heterocycles. The Bertz CT molecular complexity index is 417. The van der Waals surface area contributed by atoms with Crippen molar-refractivity contribution in [3.63, 3.8) is 0 Å². The quantitative estimate of drug-likeness (QED) is 0.186. The second-order valence-electron chi connectivity index (χ2n) is 11.8. The Kier molecular flexibility index (Phi) is 16.2. The van der Waals surface area contributed by atoms with E-state index in [4.69, 9.17) is 4.74 Å². The fraction of sp³-hybridized carbons (Fsp3) is 1.00. The lowest BCUT2D eigenvalue weighted by Gasteiger charge is -2.51. The highest BCUT2D eigenvalue weighted by molar-refractivity contribution is 4.96. The lowest BCUT2D eigenvalue weighted by molar-refractivity contribution is -0.261. The maximum Gasteiger partial charge on any atom is 0.0611 e. The number of unbranched alkanes of at least 4 members (excludes halogenated alkanes) is 17. The zero-order valence-electron chi connectivity index (χ0n) is 22.7. The van der Waals surface area contributed by atoms with Crippen molar-refractivity contribution in [3.05, 3.63) is 0 Å². The van der Waals surface area contributed by atoms with Gasteiger partial charge in [-0.3, -0.25) is 0 Å². The van der Waals surface area contributed by atoms with Gasteiger partial charge in [0.05, 0.1) is 6.10 Å². The van der Waals surface area contributed by atoms with Gasteiger partial charge >= 0.3 is 0 Å². The fourth-order valence-corrected chi connectivity index (χ4v) is 5.55. The summed E-state index contributed by atoms with van der Waals surface area (Å²) in [7, 11) is 0. The summed E-state index contributed by atoms with van der Waals surface area (Å²) < 4.78 is 6.19. The molecule has 1 fully saturated rings. The van der Waals surface area contributed by atoms with Crippen LogP contribution >= 0.6 is 0 Å². The van der Waals surface area contributed by atoms with E-state index in [0.717, 1.165) is 19.4 Å². The topological polar surface area (TPSA) is 32.7 Å². The Balaban J connectivity index is 1.82. The monoisotopic (exact) mass is 453 g/mol. The van der Waals surface area contributed by atoms with Crippen molar-refractivity contribution in [3.8, 4) is 0 Å². The van der Waals surface area contributed by atoms with Crippen LogP contribution in [-0.2, 0) is 4.74 Å². The number of hydroxylamine groups is 2. The summed E-state index contributed by atoms with van der Waals surface area (Å²) in [5.74, 6) is 0. The van der Waals surface area contributed by atoms with Gasteiger partial charge < -0.3 is 9.94 Å². The van der Waals surface area contributed by atoms with E-state index >= 15 is 0 Å². The molecule has 0 aromatic carbocycles. The Labute approximate surface area is 202 Å². The minimum atomic E-state index is -0.208. The Morgan fingerprint density at radius 3 is 1.25 bits per heavy atom. The third-order valence-electron chi connectivity index (χ3n) is 7.45. The summed E-state index contributed by atoms with van der Waals surface area (Å²) in [5, 5.41) is 11.9. The van der Waals surface area contributed by atoms with E-state index in [2.05, 4.69) is 34.6 Å². The molecular weight excluding hydrogens is 394 g/mol. The first-order valence-electron chi connectivity index (χ1n) is 14.4. The third kappa shape index (κ3) is 13.6. The zero-order chi connectivity index (χ0) is 23.7. The van der Waals surface area contributed by atoms with Crippen LogP contribution in [-0.4, -0.2) is 34.1 Å². The average Bonchev–Trinajstić information content (AvgIpc) is 2.73. The second kappa shape index (κ2) is 17.3. The molecule has 0 unspecified atom stereocenters. The number of hydrogen-bond donors (Lipinski definition) is 1. The zero-order valence-corrected chi connectivity index (χ0v) is 22.7. The summed E-state index contributed by atoms with van der Waals surface area (Å²) in [6.45, 7) is 11.6. The van der Waals surface area contributed by atoms with Crippen molar-refractivity contribution in [2.45, 2.75) is 180 Å². The van der Waals surface area contributed by atoms with Gasteiger partial charge in [-0.15, -0.1) is 0 Å². The van der Waals surface area contributed by atoms with E-state index < -0.39 is 0 Å². The molecule has 1 rings (SSSR count). The molecular formula is C29H59NO2. The maximum atomic E-state index is 10.4. The minimum Gasteiger partial charge on any atom is -0.378 e. The molecule has 0 aromatic rings. The largest absolute Gasteiger partial charge is 0.378 e. The molecule has 0 spiro atoms. The lowest BCUT2D eigenvalue weighted by atomic mass is 9.80. The van der Waals surface area contributed by atoms with Gasteiger partial charge in [-0.05, 0) is 47.0 Å². The molecule has 1 N–H and O–H groups in total. The predicted octanol–water partition coefficient (Wildman–Crippen LogP) is 9.46. The van der Waals surface area contributed by atoms with Crippen molar-refractivity contribution in [1.29, 1.82) is 0 Å². The second-order valence-corrected chi connectivity index (χ2v) is 11.8. The van der Waals surface area contributed by atoms with Crippen LogP contribution in [0, 0.1) is 0 Å². The van der Waals surface area contributed by atoms with Crippen LogP contribution in [0.3, 0.4) is 0 Å². The average molecular weight is 454 g/mol. The third-order valence-corrected chi connectivity index (χ3v) is 7.45. The number of rotatable bonds is 20.